The Morgan fingerprint density at radius 1 is 1.07 bits per heavy atom. The summed E-state index contributed by atoms with van der Waals surface area (Å²) in [6, 6.07) is 17.1. The van der Waals surface area contributed by atoms with Gasteiger partial charge in [0.1, 0.15) is 5.75 Å². The molecule has 0 spiro atoms. The number of piperidine rings is 1. The molecule has 0 radical (unpaired) electrons. The predicted octanol–water partition coefficient (Wildman–Crippen LogP) is 3.86. The number of amides is 1. The second-order valence-corrected chi connectivity index (χ2v) is 7.17. The molecule has 1 heterocycles. The van der Waals surface area contributed by atoms with Crippen molar-refractivity contribution in [1.82, 2.24) is 4.90 Å². The van der Waals surface area contributed by atoms with Crippen LogP contribution in [0.4, 0.5) is 0 Å². The Kier molecular flexibility index (Phi) is 6.82. The number of likely N-dealkylation sites (tertiary alicyclic amines) is 1. The molecule has 1 fully saturated rings. The molecular weight excluding hydrogens is 354 g/mol. The van der Waals surface area contributed by atoms with Crippen LogP contribution in [-0.2, 0) is 16.1 Å². The smallest absolute Gasteiger partial charge is 0.263 e. The molecule has 1 aliphatic heterocycles. The Morgan fingerprint density at radius 2 is 1.79 bits per heavy atom. The van der Waals surface area contributed by atoms with Crippen molar-refractivity contribution in [3.05, 3.63) is 65.7 Å². The van der Waals surface area contributed by atoms with E-state index in [1.54, 1.807) is 31.2 Å². The summed E-state index contributed by atoms with van der Waals surface area (Å²) >= 11 is 0. The summed E-state index contributed by atoms with van der Waals surface area (Å²) in [6.45, 7) is 5.20. The van der Waals surface area contributed by atoms with Gasteiger partial charge in [-0.15, -0.1) is 0 Å². The molecule has 28 heavy (non-hydrogen) atoms. The van der Waals surface area contributed by atoms with Gasteiger partial charge in [-0.05, 0) is 44.4 Å². The van der Waals surface area contributed by atoms with Gasteiger partial charge >= 0.3 is 0 Å². The fourth-order valence-electron chi connectivity index (χ4n) is 3.33. The number of benzene rings is 2. The number of carbonyl (C=O) groups is 2. The second kappa shape index (κ2) is 9.51. The van der Waals surface area contributed by atoms with Crippen LogP contribution in [0.3, 0.4) is 0 Å². The van der Waals surface area contributed by atoms with Crippen molar-refractivity contribution in [1.29, 1.82) is 0 Å². The molecule has 1 aliphatic rings. The largest absolute Gasteiger partial charge is 0.481 e. The van der Waals surface area contributed by atoms with Crippen LogP contribution in [0.1, 0.15) is 42.6 Å². The minimum atomic E-state index is -0.594. The highest BCUT2D eigenvalue weighted by molar-refractivity contribution is 5.94. The van der Waals surface area contributed by atoms with Crippen LogP contribution >= 0.6 is 0 Å². The van der Waals surface area contributed by atoms with Gasteiger partial charge in [0.2, 0.25) is 0 Å². The lowest BCUT2D eigenvalue weighted by Crippen LogP contribution is -2.46. The number of ketones is 1. The van der Waals surface area contributed by atoms with Crippen LogP contribution in [-0.4, -0.2) is 41.9 Å². The van der Waals surface area contributed by atoms with Crippen LogP contribution in [0.15, 0.2) is 54.6 Å². The van der Waals surface area contributed by atoms with E-state index in [1.165, 1.54) is 6.92 Å². The van der Waals surface area contributed by atoms with Gasteiger partial charge in [0, 0.05) is 18.7 Å². The zero-order valence-corrected chi connectivity index (χ0v) is 16.5. The Morgan fingerprint density at radius 3 is 2.46 bits per heavy atom. The molecule has 5 heteroatoms. The first-order valence-corrected chi connectivity index (χ1v) is 9.75. The third kappa shape index (κ3) is 5.42. The lowest BCUT2D eigenvalue weighted by atomic mass is 10.1. The van der Waals surface area contributed by atoms with Gasteiger partial charge in [0.25, 0.3) is 5.91 Å². The molecule has 0 aliphatic carbocycles. The minimum absolute atomic E-state index is 0.0259. The van der Waals surface area contributed by atoms with Crippen molar-refractivity contribution in [2.75, 3.05) is 13.1 Å². The van der Waals surface area contributed by atoms with Crippen LogP contribution in [0.2, 0.25) is 0 Å². The van der Waals surface area contributed by atoms with Crippen LogP contribution in [0.5, 0.6) is 5.75 Å². The number of Topliss-reactive ketones (excluding diaryl/α,β-unsaturated/α-hetero) is 1. The maximum absolute atomic E-state index is 12.7. The molecule has 3 rings (SSSR count). The highest BCUT2D eigenvalue weighted by Crippen LogP contribution is 2.19. The molecule has 2 aromatic carbocycles. The molecule has 1 unspecified atom stereocenters. The van der Waals surface area contributed by atoms with Crippen molar-refractivity contribution < 1.29 is 19.1 Å². The average Bonchev–Trinajstić information content (AvgIpc) is 2.73. The van der Waals surface area contributed by atoms with Gasteiger partial charge in [-0.3, -0.25) is 9.59 Å². The molecule has 0 saturated carbocycles. The molecule has 1 atom stereocenters. The Balaban J connectivity index is 1.46. The number of hydrogen-bond donors (Lipinski definition) is 0. The molecule has 0 N–H and O–H groups in total. The molecule has 2 aromatic rings. The normalized spacial score (nSPS) is 15.9. The van der Waals surface area contributed by atoms with Crippen LogP contribution in [0.25, 0.3) is 0 Å². The minimum Gasteiger partial charge on any atom is -0.481 e. The first-order chi connectivity index (χ1) is 13.5. The summed E-state index contributed by atoms with van der Waals surface area (Å²) in [5.41, 5.74) is 1.74. The summed E-state index contributed by atoms with van der Waals surface area (Å²) in [5, 5.41) is 0. The van der Waals surface area contributed by atoms with E-state index in [-0.39, 0.29) is 17.8 Å². The lowest BCUT2D eigenvalue weighted by Gasteiger charge is -2.33. The molecular formula is C23H27NO4. The van der Waals surface area contributed by atoms with E-state index < -0.39 is 6.10 Å². The Labute approximate surface area is 166 Å². The zero-order chi connectivity index (χ0) is 19.9. The highest BCUT2D eigenvalue weighted by Gasteiger charge is 2.27. The predicted molar refractivity (Wildman–Crippen MR) is 107 cm³/mol. The Bertz CT molecular complexity index is 797. The summed E-state index contributed by atoms with van der Waals surface area (Å²) < 4.78 is 11.8. The molecule has 0 bridgehead atoms. The van der Waals surface area contributed by atoms with E-state index in [9.17, 15) is 9.59 Å². The molecule has 1 amide bonds. The van der Waals surface area contributed by atoms with Crippen molar-refractivity contribution in [3.8, 4) is 5.75 Å². The third-order valence-corrected chi connectivity index (χ3v) is 4.98. The monoisotopic (exact) mass is 381 g/mol. The van der Waals surface area contributed by atoms with E-state index in [1.807, 2.05) is 23.1 Å². The summed E-state index contributed by atoms with van der Waals surface area (Å²) in [5.74, 6) is 0.478. The van der Waals surface area contributed by atoms with E-state index >= 15 is 0 Å². The standard InChI is InChI=1S/C23H27NO4/c1-17(25)20-9-6-10-22(15-20)28-18(2)23(26)24-13-11-21(12-14-24)27-16-19-7-4-3-5-8-19/h3-10,15,18,21H,11-14,16H2,1-2H3. The average molecular weight is 381 g/mol. The number of rotatable bonds is 7. The van der Waals surface area contributed by atoms with Crippen LogP contribution in [0, 0.1) is 0 Å². The number of hydrogen-bond acceptors (Lipinski definition) is 4. The maximum atomic E-state index is 12.7. The number of ether oxygens (including phenoxy) is 2. The van der Waals surface area contributed by atoms with Gasteiger partial charge in [0.05, 0.1) is 12.7 Å². The summed E-state index contributed by atoms with van der Waals surface area (Å²) in [4.78, 5) is 26.0. The number of carbonyl (C=O) groups excluding carboxylic acids is 2. The molecule has 1 saturated heterocycles. The highest BCUT2D eigenvalue weighted by atomic mass is 16.5. The first-order valence-electron chi connectivity index (χ1n) is 9.75. The third-order valence-electron chi connectivity index (χ3n) is 4.98. The first kappa shape index (κ1) is 20.1. The zero-order valence-electron chi connectivity index (χ0n) is 16.5. The van der Waals surface area contributed by atoms with E-state index in [0.717, 1.165) is 18.4 Å². The van der Waals surface area contributed by atoms with Crippen molar-refractivity contribution >= 4 is 11.7 Å². The van der Waals surface area contributed by atoms with E-state index in [2.05, 4.69) is 12.1 Å². The van der Waals surface area contributed by atoms with Gasteiger partial charge < -0.3 is 14.4 Å². The number of nitrogens with zero attached hydrogens (tertiary/aromatic N) is 1. The SMILES string of the molecule is CC(=O)c1cccc(OC(C)C(=O)N2CCC(OCc3ccccc3)CC2)c1. The summed E-state index contributed by atoms with van der Waals surface area (Å²) in [6.07, 6.45) is 1.23. The quantitative estimate of drug-likeness (QED) is 0.684. The van der Waals surface area contributed by atoms with Gasteiger partial charge in [-0.2, -0.15) is 0 Å². The Hall–Kier alpha value is -2.66. The van der Waals surface area contributed by atoms with Crippen LogP contribution < -0.4 is 4.74 Å². The lowest BCUT2D eigenvalue weighted by molar-refractivity contribution is -0.140. The summed E-state index contributed by atoms with van der Waals surface area (Å²) in [7, 11) is 0. The van der Waals surface area contributed by atoms with Gasteiger partial charge in [0.15, 0.2) is 11.9 Å². The van der Waals surface area contributed by atoms with E-state index in [4.69, 9.17) is 9.47 Å². The maximum Gasteiger partial charge on any atom is 0.263 e. The topological polar surface area (TPSA) is 55.8 Å². The van der Waals surface area contributed by atoms with Gasteiger partial charge in [-0.25, -0.2) is 0 Å². The molecule has 5 nitrogen and oxygen atoms in total. The molecule has 148 valence electrons. The fraction of sp³-hybridized carbons (Fsp3) is 0.391. The van der Waals surface area contributed by atoms with Crippen molar-refractivity contribution in [2.45, 2.75) is 45.5 Å². The molecule has 0 aromatic heterocycles. The van der Waals surface area contributed by atoms with Crippen molar-refractivity contribution in [2.24, 2.45) is 0 Å². The van der Waals surface area contributed by atoms with E-state index in [0.29, 0.717) is 31.0 Å². The fourth-order valence-corrected chi connectivity index (χ4v) is 3.33. The van der Waals surface area contributed by atoms with Gasteiger partial charge in [-0.1, -0.05) is 42.5 Å². The van der Waals surface area contributed by atoms with Crippen molar-refractivity contribution in [3.63, 3.8) is 0 Å². The second-order valence-electron chi connectivity index (χ2n) is 7.17.